The number of amides is 1. The predicted octanol–water partition coefficient (Wildman–Crippen LogP) is 2.16. The van der Waals surface area contributed by atoms with Gasteiger partial charge in [0, 0.05) is 18.2 Å². The Morgan fingerprint density at radius 3 is 3.12 bits per heavy atom. The van der Waals surface area contributed by atoms with Crippen molar-refractivity contribution in [3.05, 3.63) is 30.2 Å². The summed E-state index contributed by atoms with van der Waals surface area (Å²) >= 11 is 1.77. The van der Waals surface area contributed by atoms with Crippen LogP contribution in [0.1, 0.15) is 44.0 Å². The van der Waals surface area contributed by atoms with Crippen molar-refractivity contribution in [2.75, 3.05) is 12.0 Å². The predicted molar refractivity (Wildman–Crippen MR) is 96.8 cm³/mol. The lowest BCUT2D eigenvalue weighted by Gasteiger charge is -2.27. The Bertz CT molecular complexity index is 688. The Morgan fingerprint density at radius 2 is 2.33 bits per heavy atom. The number of carbonyl (C=O) groups is 1. The van der Waals surface area contributed by atoms with E-state index in [-0.39, 0.29) is 23.9 Å². The molecule has 0 aliphatic heterocycles. The van der Waals surface area contributed by atoms with Crippen LogP contribution in [0.5, 0.6) is 0 Å². The third-order valence-corrected chi connectivity index (χ3v) is 5.31. The van der Waals surface area contributed by atoms with Crippen LogP contribution in [0.25, 0.3) is 5.65 Å². The minimum Gasteiger partial charge on any atom is -0.346 e. The van der Waals surface area contributed by atoms with E-state index in [9.17, 15) is 4.79 Å². The Morgan fingerprint density at radius 1 is 1.46 bits per heavy atom. The van der Waals surface area contributed by atoms with Crippen LogP contribution in [0.2, 0.25) is 0 Å². The van der Waals surface area contributed by atoms with Gasteiger partial charge >= 0.3 is 0 Å². The summed E-state index contributed by atoms with van der Waals surface area (Å²) in [5.41, 5.74) is 6.83. The zero-order valence-corrected chi connectivity index (χ0v) is 14.8. The second kappa shape index (κ2) is 7.98. The summed E-state index contributed by atoms with van der Waals surface area (Å²) in [7, 11) is 0. The largest absolute Gasteiger partial charge is 0.346 e. The molecule has 130 valence electrons. The summed E-state index contributed by atoms with van der Waals surface area (Å²) < 4.78 is 1.96. The molecule has 2 aromatic heterocycles. The average Bonchev–Trinajstić information content (AvgIpc) is 3.02. The van der Waals surface area contributed by atoms with E-state index in [0.29, 0.717) is 0 Å². The summed E-state index contributed by atoms with van der Waals surface area (Å²) in [6.45, 7) is 0. The van der Waals surface area contributed by atoms with Crippen LogP contribution in [0.3, 0.4) is 0 Å². The van der Waals surface area contributed by atoms with E-state index in [1.807, 2.05) is 28.8 Å². The van der Waals surface area contributed by atoms with Gasteiger partial charge in [0.1, 0.15) is 0 Å². The molecule has 0 spiro atoms. The maximum absolute atomic E-state index is 12.7. The topological polar surface area (TPSA) is 85.3 Å². The maximum Gasteiger partial charge on any atom is 0.223 e. The summed E-state index contributed by atoms with van der Waals surface area (Å²) in [4.78, 5) is 12.7. The molecule has 3 atom stereocenters. The number of fused-ring (bicyclic) bond motifs is 1. The molecule has 0 bridgehead atoms. The number of nitrogens with one attached hydrogen (secondary N) is 1. The summed E-state index contributed by atoms with van der Waals surface area (Å²) in [5, 5.41) is 11.7. The van der Waals surface area contributed by atoms with Gasteiger partial charge in [-0.1, -0.05) is 12.5 Å². The van der Waals surface area contributed by atoms with Gasteiger partial charge < -0.3 is 11.1 Å². The molecule has 2 heterocycles. The van der Waals surface area contributed by atoms with Crippen LogP contribution in [-0.4, -0.2) is 38.6 Å². The Labute approximate surface area is 146 Å². The van der Waals surface area contributed by atoms with Gasteiger partial charge in [-0.05, 0) is 49.8 Å². The van der Waals surface area contributed by atoms with Gasteiger partial charge in [0.25, 0.3) is 0 Å². The Balaban J connectivity index is 1.77. The molecular weight excluding hydrogens is 322 g/mol. The van der Waals surface area contributed by atoms with Crippen LogP contribution >= 0.6 is 11.8 Å². The fourth-order valence-corrected chi connectivity index (χ4v) is 3.83. The van der Waals surface area contributed by atoms with Gasteiger partial charge in [0.05, 0.1) is 6.04 Å². The quantitative estimate of drug-likeness (QED) is 0.836. The fourth-order valence-electron chi connectivity index (χ4n) is 3.35. The number of thioether (sulfide) groups is 1. The highest BCUT2D eigenvalue weighted by Crippen LogP contribution is 2.25. The number of carbonyl (C=O) groups excluding carboxylic acids is 1. The van der Waals surface area contributed by atoms with Gasteiger partial charge in [0.15, 0.2) is 11.5 Å². The number of nitrogens with zero attached hydrogens (tertiary/aromatic N) is 3. The normalized spacial score (nSPS) is 22.4. The van der Waals surface area contributed by atoms with E-state index < -0.39 is 0 Å². The fraction of sp³-hybridized carbons (Fsp3) is 0.588. The number of nitrogens with two attached hydrogens (primary N) is 1. The lowest BCUT2D eigenvalue weighted by atomic mass is 9.85. The first kappa shape index (κ1) is 17.2. The van der Waals surface area contributed by atoms with E-state index in [1.54, 1.807) is 11.8 Å². The molecule has 0 radical (unpaired) electrons. The van der Waals surface area contributed by atoms with Crippen molar-refractivity contribution in [1.82, 2.24) is 19.9 Å². The highest BCUT2D eigenvalue weighted by Gasteiger charge is 2.28. The van der Waals surface area contributed by atoms with Gasteiger partial charge in [-0.25, -0.2) is 0 Å². The Hall–Kier alpha value is -1.60. The molecule has 24 heavy (non-hydrogen) atoms. The van der Waals surface area contributed by atoms with Crippen LogP contribution in [0, 0.1) is 5.92 Å². The molecule has 1 amide bonds. The third-order valence-electron chi connectivity index (χ3n) is 4.66. The number of rotatable bonds is 6. The lowest BCUT2D eigenvalue weighted by Crippen LogP contribution is -2.40. The average molecular weight is 347 g/mol. The molecule has 2 aromatic rings. The molecule has 1 fully saturated rings. The van der Waals surface area contributed by atoms with Crippen LogP contribution < -0.4 is 11.1 Å². The third kappa shape index (κ3) is 3.89. The molecule has 1 aliphatic rings. The molecule has 3 rings (SSSR count). The van der Waals surface area contributed by atoms with Gasteiger partial charge in [-0.3, -0.25) is 9.20 Å². The van der Waals surface area contributed by atoms with E-state index in [0.717, 1.165) is 49.3 Å². The summed E-state index contributed by atoms with van der Waals surface area (Å²) in [6, 6.07) is 5.83. The van der Waals surface area contributed by atoms with Crippen LogP contribution in [0.4, 0.5) is 0 Å². The molecule has 0 saturated heterocycles. The molecule has 0 aromatic carbocycles. The molecule has 3 N–H and O–H groups in total. The summed E-state index contributed by atoms with van der Waals surface area (Å²) in [6.07, 6.45) is 8.61. The maximum atomic E-state index is 12.7. The molecular formula is C17H25N5OS. The zero-order valence-electron chi connectivity index (χ0n) is 14.0. The van der Waals surface area contributed by atoms with Crippen molar-refractivity contribution in [3.8, 4) is 0 Å². The van der Waals surface area contributed by atoms with Gasteiger partial charge in [0.2, 0.25) is 5.91 Å². The van der Waals surface area contributed by atoms with Gasteiger partial charge in [-0.15, -0.1) is 10.2 Å². The number of hydrogen-bond acceptors (Lipinski definition) is 5. The standard InChI is InChI=1S/C17H25N5OS/c1-24-10-8-14(16-21-20-15-7-2-3-9-22(15)16)19-17(23)12-5-4-6-13(18)11-12/h2-3,7,9,12-14H,4-6,8,10-11,18H2,1H3,(H,19,23). The first-order chi connectivity index (χ1) is 11.7. The highest BCUT2D eigenvalue weighted by atomic mass is 32.2. The van der Waals surface area contributed by atoms with E-state index in [4.69, 9.17) is 5.73 Å². The smallest absolute Gasteiger partial charge is 0.223 e. The number of hydrogen-bond donors (Lipinski definition) is 2. The van der Waals surface area contributed by atoms with Crippen molar-refractivity contribution in [1.29, 1.82) is 0 Å². The minimum absolute atomic E-state index is 0.0183. The Kier molecular flexibility index (Phi) is 5.73. The first-order valence-corrected chi connectivity index (χ1v) is 9.93. The first-order valence-electron chi connectivity index (χ1n) is 8.53. The molecule has 3 unspecified atom stereocenters. The minimum atomic E-state index is -0.125. The van der Waals surface area contributed by atoms with E-state index in [2.05, 4.69) is 21.8 Å². The lowest BCUT2D eigenvalue weighted by molar-refractivity contribution is -0.127. The van der Waals surface area contributed by atoms with Crippen molar-refractivity contribution in [2.45, 2.75) is 44.2 Å². The highest BCUT2D eigenvalue weighted by molar-refractivity contribution is 7.98. The van der Waals surface area contributed by atoms with Crippen molar-refractivity contribution >= 4 is 23.3 Å². The van der Waals surface area contributed by atoms with Crippen LogP contribution in [0.15, 0.2) is 24.4 Å². The second-order valence-electron chi connectivity index (χ2n) is 6.45. The van der Waals surface area contributed by atoms with Gasteiger partial charge in [-0.2, -0.15) is 11.8 Å². The molecule has 6 nitrogen and oxygen atoms in total. The van der Waals surface area contributed by atoms with Crippen molar-refractivity contribution in [3.63, 3.8) is 0 Å². The van der Waals surface area contributed by atoms with E-state index >= 15 is 0 Å². The number of pyridine rings is 1. The zero-order chi connectivity index (χ0) is 16.9. The van der Waals surface area contributed by atoms with E-state index in [1.165, 1.54) is 0 Å². The van der Waals surface area contributed by atoms with Crippen LogP contribution in [-0.2, 0) is 4.79 Å². The second-order valence-corrected chi connectivity index (χ2v) is 7.44. The monoisotopic (exact) mass is 347 g/mol. The molecule has 7 heteroatoms. The SMILES string of the molecule is CSCCC(NC(=O)C1CCCC(N)C1)c1nnc2ccccn12. The van der Waals surface area contributed by atoms with Crippen molar-refractivity contribution in [2.24, 2.45) is 11.7 Å². The number of aromatic nitrogens is 3. The van der Waals surface area contributed by atoms with Crippen molar-refractivity contribution < 1.29 is 4.79 Å². The molecule has 1 aliphatic carbocycles. The summed E-state index contributed by atoms with van der Waals surface area (Å²) in [5.74, 6) is 1.87. The molecule has 1 saturated carbocycles.